The highest BCUT2D eigenvalue weighted by atomic mass is 19.1. The SMILES string of the molecule is CCn1nccc1-c1ccc2c(c1)CCC[C@@H]2NC(=O)[C@@H]1C[C@@H](O)CN1C(=O)[C@H](C(C)C)n1cc2c(n1)c(=O)[nH]c1cc(COc3c(-c4c(C)c(F)cc5[nH]ncc45)c(C4CC4)cc4c(N5C[C@@H]6C[C@H]5CN6)nc(OC5CCOCC5)nc34)ccc12. The average molecular weight is 1160 g/mol. The molecular weight excluding hydrogens is 1090 g/mol. The molecule has 21 heteroatoms. The van der Waals surface area contributed by atoms with Gasteiger partial charge in [-0.1, -0.05) is 38.1 Å². The average Bonchev–Trinajstić information content (AvgIpc) is 1.31. The van der Waals surface area contributed by atoms with Crippen molar-refractivity contribution in [1.29, 1.82) is 0 Å². The van der Waals surface area contributed by atoms with Gasteiger partial charge in [0.2, 0.25) is 11.8 Å². The molecular formula is C65H70FN13O7. The van der Waals surface area contributed by atoms with Crippen LogP contribution < -0.4 is 30.6 Å². The van der Waals surface area contributed by atoms with Crippen LogP contribution in [0.3, 0.4) is 0 Å². The number of aliphatic hydroxyl groups excluding tert-OH is 1. The molecule has 86 heavy (non-hydrogen) atoms. The number of hydrogen-bond acceptors (Lipinski definition) is 14. The molecule has 5 fully saturated rings. The Hall–Kier alpha value is -8.27. The Morgan fingerprint density at radius 2 is 1.78 bits per heavy atom. The molecule has 4 aromatic carbocycles. The second-order valence-electron chi connectivity index (χ2n) is 24.9. The minimum absolute atomic E-state index is 0.0148. The van der Waals surface area contributed by atoms with Crippen molar-refractivity contribution in [2.24, 2.45) is 5.92 Å². The van der Waals surface area contributed by atoms with E-state index in [9.17, 15) is 19.5 Å². The minimum Gasteiger partial charge on any atom is -0.486 e. The number of aromatic nitrogens is 9. The number of pyridine rings is 1. The first-order valence-electron chi connectivity index (χ1n) is 30.7. The van der Waals surface area contributed by atoms with Crippen LogP contribution in [0.5, 0.6) is 11.8 Å². The monoisotopic (exact) mass is 1160 g/mol. The van der Waals surface area contributed by atoms with E-state index in [0.717, 1.165) is 108 Å². The predicted molar refractivity (Wildman–Crippen MR) is 323 cm³/mol. The predicted octanol–water partition coefficient (Wildman–Crippen LogP) is 8.61. The lowest BCUT2D eigenvalue weighted by Gasteiger charge is -2.32. The van der Waals surface area contributed by atoms with Gasteiger partial charge < -0.3 is 44.7 Å². The number of benzene rings is 4. The van der Waals surface area contributed by atoms with E-state index in [1.807, 2.05) is 49.0 Å². The van der Waals surface area contributed by atoms with Crippen molar-refractivity contribution >= 4 is 61.2 Å². The number of aryl methyl sites for hydroxylation is 2. The smallest absolute Gasteiger partial charge is 0.319 e. The molecule has 5 aromatic heterocycles. The molecule has 2 amide bonds. The maximum absolute atomic E-state index is 16.3. The Morgan fingerprint density at radius 1 is 0.919 bits per heavy atom. The normalized spacial score (nSPS) is 21.8. The number of fused-ring (bicyclic) bond motifs is 8. The molecule has 0 radical (unpaired) electrons. The van der Waals surface area contributed by atoms with E-state index in [4.69, 9.17) is 29.3 Å². The Balaban J connectivity index is 0.757. The lowest BCUT2D eigenvalue weighted by atomic mass is 9.86. The zero-order valence-corrected chi connectivity index (χ0v) is 48.7. The van der Waals surface area contributed by atoms with E-state index in [-0.39, 0.29) is 78.8 Å². The quantitative estimate of drug-likeness (QED) is 0.0647. The molecule has 15 rings (SSSR count). The van der Waals surface area contributed by atoms with Crippen LogP contribution in [0.25, 0.3) is 66.0 Å². The van der Waals surface area contributed by atoms with Crippen molar-refractivity contribution < 1.29 is 33.3 Å². The van der Waals surface area contributed by atoms with Crippen LogP contribution in [0.1, 0.15) is 118 Å². The van der Waals surface area contributed by atoms with Crippen molar-refractivity contribution in [3.63, 3.8) is 0 Å². The van der Waals surface area contributed by atoms with E-state index in [1.54, 1.807) is 24.0 Å². The Labute approximate surface area is 494 Å². The fourth-order valence-corrected chi connectivity index (χ4v) is 14.5. The molecule has 0 unspecified atom stereocenters. The summed E-state index contributed by atoms with van der Waals surface area (Å²) in [6.45, 7) is 11.3. The van der Waals surface area contributed by atoms with E-state index in [1.165, 1.54) is 16.5 Å². The number of H-pyrrole nitrogens is 2. The third-order valence-corrected chi connectivity index (χ3v) is 19.0. The second-order valence-corrected chi connectivity index (χ2v) is 24.9. The van der Waals surface area contributed by atoms with Crippen LogP contribution in [-0.4, -0.2) is 130 Å². The van der Waals surface area contributed by atoms with E-state index < -0.39 is 23.7 Å². The van der Waals surface area contributed by atoms with Crippen LogP contribution in [0.2, 0.25) is 0 Å². The number of nitrogens with zero attached hydrogens (tertiary/aromatic N) is 9. The summed E-state index contributed by atoms with van der Waals surface area (Å²) in [6, 6.07) is 16.6. The van der Waals surface area contributed by atoms with Crippen molar-refractivity contribution in [3.05, 3.63) is 117 Å². The van der Waals surface area contributed by atoms with Crippen LogP contribution in [0, 0.1) is 18.7 Å². The summed E-state index contributed by atoms with van der Waals surface area (Å²) >= 11 is 0. The number of anilines is 1. The van der Waals surface area contributed by atoms with Gasteiger partial charge in [-0.2, -0.15) is 25.3 Å². The Morgan fingerprint density at radius 3 is 2.57 bits per heavy atom. The minimum atomic E-state index is -0.911. The van der Waals surface area contributed by atoms with Gasteiger partial charge in [0.1, 0.15) is 41.9 Å². The number of hydrogen-bond donors (Lipinski definition) is 5. The van der Waals surface area contributed by atoms with Crippen LogP contribution in [0.15, 0.2) is 78.0 Å². The molecule has 444 valence electrons. The topological polar surface area (TPSA) is 236 Å². The Kier molecular flexibility index (Phi) is 13.7. The number of ether oxygens (including phenoxy) is 3. The summed E-state index contributed by atoms with van der Waals surface area (Å²) in [5.74, 6) is 0.0937. The fraction of sp³-hybridized carbons (Fsp3) is 0.446. The number of amides is 2. The zero-order chi connectivity index (χ0) is 58.6. The molecule has 0 spiro atoms. The van der Waals surface area contributed by atoms with Gasteiger partial charge in [-0.25, -0.2) is 4.39 Å². The van der Waals surface area contributed by atoms with Gasteiger partial charge >= 0.3 is 6.01 Å². The largest absolute Gasteiger partial charge is 0.486 e. The summed E-state index contributed by atoms with van der Waals surface area (Å²) in [7, 11) is 0. The number of carbonyl (C=O) groups is 2. The number of likely N-dealkylation sites (tertiary alicyclic amines) is 1. The van der Waals surface area contributed by atoms with Crippen molar-refractivity contribution in [2.45, 2.75) is 147 Å². The maximum atomic E-state index is 16.3. The lowest BCUT2D eigenvalue weighted by Crippen LogP contribution is -2.50. The maximum Gasteiger partial charge on any atom is 0.319 e. The second kappa shape index (κ2) is 21.6. The molecule has 6 atom stereocenters. The number of carbonyl (C=O) groups excluding carboxylic acids is 2. The molecule has 9 aromatic rings. The van der Waals surface area contributed by atoms with Crippen LogP contribution in [-0.2, 0) is 33.9 Å². The van der Waals surface area contributed by atoms with Gasteiger partial charge in [0.25, 0.3) is 5.56 Å². The van der Waals surface area contributed by atoms with E-state index >= 15 is 4.39 Å². The number of halogens is 1. The van der Waals surface area contributed by atoms with Gasteiger partial charge in [-0.15, -0.1) is 0 Å². The van der Waals surface area contributed by atoms with Crippen molar-refractivity contribution in [3.8, 4) is 34.1 Å². The number of rotatable bonds is 15. The molecule has 2 bridgehead atoms. The molecule has 5 N–H and O–H groups in total. The third kappa shape index (κ3) is 9.52. The summed E-state index contributed by atoms with van der Waals surface area (Å²) in [5.41, 5.74) is 9.40. The summed E-state index contributed by atoms with van der Waals surface area (Å²) < 4.78 is 39.4. The first kappa shape index (κ1) is 54.4. The number of β-amino-alcohol motifs (C(OH)–C–C–N with tert-alkyl or cyclic N) is 1. The van der Waals surface area contributed by atoms with E-state index in [2.05, 4.69) is 67.0 Å². The fourth-order valence-electron chi connectivity index (χ4n) is 14.5. The molecule has 4 aliphatic heterocycles. The number of aromatic amines is 2. The van der Waals surface area contributed by atoms with Gasteiger partial charge in [0.05, 0.1) is 42.8 Å². The number of aliphatic hydroxyl groups is 1. The first-order chi connectivity index (χ1) is 41.8. The molecule has 2 aliphatic carbocycles. The van der Waals surface area contributed by atoms with Gasteiger partial charge in [0, 0.05) is 114 Å². The molecule has 20 nitrogen and oxygen atoms in total. The first-order valence-corrected chi connectivity index (χ1v) is 30.7. The van der Waals surface area contributed by atoms with Crippen LogP contribution in [0.4, 0.5) is 10.2 Å². The van der Waals surface area contributed by atoms with Crippen LogP contribution >= 0.6 is 0 Å². The molecule has 4 saturated heterocycles. The highest BCUT2D eigenvalue weighted by Gasteiger charge is 2.45. The summed E-state index contributed by atoms with van der Waals surface area (Å²) in [6.07, 6.45) is 11.2. The van der Waals surface area contributed by atoms with Gasteiger partial charge in [0.15, 0.2) is 11.3 Å². The van der Waals surface area contributed by atoms with Crippen molar-refractivity contribution in [2.75, 3.05) is 37.7 Å². The Bertz CT molecular complexity index is 4240. The summed E-state index contributed by atoms with van der Waals surface area (Å²) in [4.78, 5) is 61.0. The number of piperazine rings is 1. The zero-order valence-electron chi connectivity index (χ0n) is 48.7. The van der Waals surface area contributed by atoms with Crippen molar-refractivity contribution in [1.82, 2.24) is 60.2 Å². The van der Waals surface area contributed by atoms with Gasteiger partial charge in [-0.3, -0.25) is 28.8 Å². The molecule has 1 saturated carbocycles. The highest BCUT2D eigenvalue weighted by Crippen LogP contribution is 2.54. The number of nitrogens with one attached hydrogen (secondary N) is 4. The van der Waals surface area contributed by atoms with E-state index in [0.29, 0.717) is 76.3 Å². The highest BCUT2D eigenvalue weighted by molar-refractivity contribution is 6.07. The lowest BCUT2D eigenvalue weighted by molar-refractivity contribution is -0.142. The van der Waals surface area contributed by atoms with Gasteiger partial charge in [-0.05, 0) is 122 Å². The molecule has 9 heterocycles. The third-order valence-electron chi connectivity index (χ3n) is 19.0. The molecule has 6 aliphatic rings. The summed E-state index contributed by atoms with van der Waals surface area (Å²) in [5, 5.41) is 37.5. The standard InChI is InChI=1S/C65H70FN13O7/c1-5-78-53(15-18-69-78)38-12-14-43-37(22-38)7-6-8-50(43)70-62(81)54-24-41(80)30-77(54)64(83)59(33(2)3)79-31-48-44-13-9-35(21-51(44)71-63(82)58(48)75-79)32-85-60-56(55-34(4)49(66)26-52-47(55)28-68-74-52)45(36-10-11-36)25-46-57(60)72-65(86-42-16-19-84-20-17-42)73-61(46)76-29-39-23-40(76)27-67-39/h9,12-15,18,21-22,25-26,28,31,33,36,39-42,50,54,59,67,80H,5-8,10-11,16-17,19-20,23-24,27,29-30,32H2,1-4H3,(H,68,74)(H,70,81)(H,71,82)/t39-,40-,41+,50-,54-,59-/m0/s1.